The highest BCUT2D eigenvalue weighted by Gasteiger charge is 2.18. The molecule has 2 aromatic carbocycles. The van der Waals surface area contributed by atoms with Crippen LogP contribution in [0.15, 0.2) is 48.5 Å². The first-order valence-electron chi connectivity index (χ1n) is 8.32. The van der Waals surface area contributed by atoms with E-state index in [1.807, 2.05) is 31.2 Å². The molecule has 0 aliphatic heterocycles. The summed E-state index contributed by atoms with van der Waals surface area (Å²) >= 11 is 0. The molecule has 0 aliphatic rings. The van der Waals surface area contributed by atoms with Crippen molar-refractivity contribution in [1.29, 1.82) is 0 Å². The van der Waals surface area contributed by atoms with E-state index in [4.69, 9.17) is 14.2 Å². The quantitative estimate of drug-likeness (QED) is 0.734. The zero-order chi connectivity index (χ0) is 18.9. The molecule has 0 aromatic heterocycles. The minimum atomic E-state index is -0.899. The molecule has 0 unspecified atom stereocenters. The SMILES string of the molecule is COc1ccc(NC(=O)[C@@H](C)OC(=O)CCOc2cccc(C)c2)cc1. The van der Waals surface area contributed by atoms with Crippen LogP contribution in [0.4, 0.5) is 5.69 Å². The van der Waals surface area contributed by atoms with Crippen LogP contribution in [0.3, 0.4) is 0 Å². The van der Waals surface area contributed by atoms with Crippen molar-refractivity contribution >= 4 is 17.6 Å². The molecule has 1 amide bonds. The Morgan fingerprint density at radius 3 is 2.46 bits per heavy atom. The lowest BCUT2D eigenvalue weighted by atomic mass is 10.2. The second kappa shape index (κ2) is 9.46. The van der Waals surface area contributed by atoms with Crippen LogP contribution < -0.4 is 14.8 Å². The topological polar surface area (TPSA) is 73.9 Å². The molecule has 0 spiro atoms. The first kappa shape index (κ1) is 19.3. The van der Waals surface area contributed by atoms with Crippen LogP contribution in [0, 0.1) is 6.92 Å². The molecule has 2 rings (SSSR count). The number of rotatable bonds is 8. The molecule has 1 atom stereocenters. The van der Waals surface area contributed by atoms with Gasteiger partial charge in [0.25, 0.3) is 5.91 Å². The van der Waals surface area contributed by atoms with Crippen molar-refractivity contribution in [2.24, 2.45) is 0 Å². The van der Waals surface area contributed by atoms with Crippen LogP contribution in [-0.4, -0.2) is 31.7 Å². The Labute approximate surface area is 153 Å². The van der Waals surface area contributed by atoms with Gasteiger partial charge in [-0.3, -0.25) is 9.59 Å². The summed E-state index contributed by atoms with van der Waals surface area (Å²) in [7, 11) is 1.57. The standard InChI is InChI=1S/C20H23NO5/c1-14-5-4-6-18(13-14)25-12-11-19(22)26-15(2)20(23)21-16-7-9-17(24-3)10-8-16/h4-10,13,15H,11-12H2,1-3H3,(H,21,23)/t15-/m1/s1. The van der Waals surface area contributed by atoms with Gasteiger partial charge in [0.15, 0.2) is 6.10 Å². The van der Waals surface area contributed by atoms with Crippen molar-refractivity contribution in [3.63, 3.8) is 0 Å². The van der Waals surface area contributed by atoms with Crippen molar-refractivity contribution in [2.45, 2.75) is 26.4 Å². The zero-order valence-electron chi connectivity index (χ0n) is 15.2. The first-order chi connectivity index (χ1) is 12.5. The van der Waals surface area contributed by atoms with Gasteiger partial charge in [-0.2, -0.15) is 0 Å². The number of carbonyl (C=O) groups excluding carboxylic acids is 2. The van der Waals surface area contributed by atoms with Crippen LogP contribution >= 0.6 is 0 Å². The number of carbonyl (C=O) groups is 2. The molecule has 2 aromatic rings. The van der Waals surface area contributed by atoms with Gasteiger partial charge in [-0.15, -0.1) is 0 Å². The molecular formula is C20H23NO5. The number of aryl methyl sites for hydroxylation is 1. The van der Waals surface area contributed by atoms with E-state index in [0.717, 1.165) is 5.56 Å². The summed E-state index contributed by atoms with van der Waals surface area (Å²) in [6.07, 6.45) is -0.836. The van der Waals surface area contributed by atoms with E-state index in [1.165, 1.54) is 6.92 Å². The van der Waals surface area contributed by atoms with Crippen LogP contribution in [0.5, 0.6) is 11.5 Å². The number of anilines is 1. The van der Waals surface area contributed by atoms with Crippen LogP contribution in [0.25, 0.3) is 0 Å². The Morgan fingerprint density at radius 1 is 1.08 bits per heavy atom. The summed E-state index contributed by atoms with van der Waals surface area (Å²) in [5.41, 5.74) is 1.68. The van der Waals surface area contributed by atoms with Gasteiger partial charge in [-0.25, -0.2) is 0 Å². The van der Waals surface area contributed by atoms with Gasteiger partial charge in [-0.1, -0.05) is 12.1 Å². The monoisotopic (exact) mass is 357 g/mol. The molecule has 0 radical (unpaired) electrons. The lowest BCUT2D eigenvalue weighted by Gasteiger charge is -2.14. The van der Waals surface area contributed by atoms with Gasteiger partial charge in [0.1, 0.15) is 11.5 Å². The lowest BCUT2D eigenvalue weighted by Crippen LogP contribution is -2.30. The van der Waals surface area contributed by atoms with Crippen LogP contribution in [0.2, 0.25) is 0 Å². The Hall–Kier alpha value is -3.02. The number of amides is 1. The number of hydrogen-bond acceptors (Lipinski definition) is 5. The minimum absolute atomic E-state index is 0.0636. The molecule has 0 heterocycles. The zero-order valence-corrected chi connectivity index (χ0v) is 15.2. The molecule has 6 nitrogen and oxygen atoms in total. The number of methoxy groups -OCH3 is 1. The largest absolute Gasteiger partial charge is 0.497 e. The number of benzene rings is 2. The van der Waals surface area contributed by atoms with Crippen LogP contribution in [-0.2, 0) is 14.3 Å². The van der Waals surface area contributed by atoms with Gasteiger partial charge >= 0.3 is 5.97 Å². The molecule has 0 fully saturated rings. The predicted molar refractivity (Wildman–Crippen MR) is 98.5 cm³/mol. The van der Waals surface area contributed by atoms with Gasteiger partial charge in [-0.05, 0) is 55.8 Å². The Balaban J connectivity index is 1.73. The maximum Gasteiger partial charge on any atom is 0.310 e. The van der Waals surface area contributed by atoms with E-state index >= 15 is 0 Å². The molecule has 0 bridgehead atoms. The van der Waals surface area contributed by atoms with Gasteiger partial charge < -0.3 is 19.5 Å². The van der Waals surface area contributed by atoms with Crippen molar-refractivity contribution in [2.75, 3.05) is 19.0 Å². The Bertz CT molecular complexity index is 742. The molecule has 26 heavy (non-hydrogen) atoms. The number of ether oxygens (including phenoxy) is 3. The molecule has 0 saturated heterocycles. The second-order valence-corrected chi connectivity index (χ2v) is 5.76. The average Bonchev–Trinajstić information content (AvgIpc) is 2.62. The van der Waals surface area contributed by atoms with E-state index in [9.17, 15) is 9.59 Å². The second-order valence-electron chi connectivity index (χ2n) is 5.76. The fraction of sp³-hybridized carbons (Fsp3) is 0.300. The maximum absolute atomic E-state index is 12.1. The Morgan fingerprint density at radius 2 is 1.81 bits per heavy atom. The first-order valence-corrected chi connectivity index (χ1v) is 8.32. The van der Waals surface area contributed by atoms with Gasteiger partial charge in [0, 0.05) is 5.69 Å². The molecular weight excluding hydrogens is 334 g/mol. The number of nitrogens with one attached hydrogen (secondary N) is 1. The minimum Gasteiger partial charge on any atom is -0.497 e. The summed E-state index contributed by atoms with van der Waals surface area (Å²) in [5.74, 6) is 0.498. The van der Waals surface area contributed by atoms with Crippen molar-refractivity contribution in [3.8, 4) is 11.5 Å². The van der Waals surface area contributed by atoms with E-state index in [1.54, 1.807) is 31.4 Å². The summed E-state index contributed by atoms with van der Waals surface area (Å²) in [4.78, 5) is 23.9. The molecule has 0 saturated carbocycles. The fourth-order valence-corrected chi connectivity index (χ4v) is 2.19. The molecule has 0 aliphatic carbocycles. The predicted octanol–water partition coefficient (Wildman–Crippen LogP) is 3.34. The summed E-state index contributed by atoms with van der Waals surface area (Å²) in [6, 6.07) is 14.4. The number of hydrogen-bond donors (Lipinski definition) is 1. The van der Waals surface area contributed by atoms with E-state index in [2.05, 4.69) is 5.32 Å². The highest BCUT2D eigenvalue weighted by atomic mass is 16.5. The maximum atomic E-state index is 12.1. The summed E-state index contributed by atoms with van der Waals surface area (Å²) in [5, 5.41) is 2.68. The number of esters is 1. The van der Waals surface area contributed by atoms with Gasteiger partial charge in [0.05, 0.1) is 20.1 Å². The molecule has 1 N–H and O–H groups in total. The Kier molecular flexibility index (Phi) is 7.02. The van der Waals surface area contributed by atoms with E-state index in [-0.39, 0.29) is 13.0 Å². The van der Waals surface area contributed by atoms with Crippen LogP contribution in [0.1, 0.15) is 18.9 Å². The third kappa shape index (κ3) is 6.12. The smallest absolute Gasteiger partial charge is 0.310 e. The molecule has 138 valence electrons. The van der Waals surface area contributed by atoms with E-state index < -0.39 is 18.0 Å². The van der Waals surface area contributed by atoms with Crippen molar-refractivity contribution < 1.29 is 23.8 Å². The highest BCUT2D eigenvalue weighted by Crippen LogP contribution is 2.16. The molecule has 6 heteroatoms. The third-order valence-corrected chi connectivity index (χ3v) is 3.60. The third-order valence-electron chi connectivity index (χ3n) is 3.60. The summed E-state index contributed by atoms with van der Waals surface area (Å²) in [6.45, 7) is 3.68. The normalized spacial score (nSPS) is 11.3. The lowest BCUT2D eigenvalue weighted by molar-refractivity contribution is -0.153. The average molecular weight is 357 g/mol. The highest BCUT2D eigenvalue weighted by molar-refractivity contribution is 5.95. The van der Waals surface area contributed by atoms with Crippen molar-refractivity contribution in [1.82, 2.24) is 0 Å². The van der Waals surface area contributed by atoms with Gasteiger partial charge in [0.2, 0.25) is 0 Å². The fourth-order valence-electron chi connectivity index (χ4n) is 2.19. The van der Waals surface area contributed by atoms with Crippen molar-refractivity contribution in [3.05, 3.63) is 54.1 Å². The summed E-state index contributed by atoms with van der Waals surface area (Å²) < 4.78 is 15.7. The van der Waals surface area contributed by atoms with E-state index in [0.29, 0.717) is 17.2 Å².